The van der Waals surface area contributed by atoms with Gasteiger partial charge < -0.3 is 0 Å². The van der Waals surface area contributed by atoms with Crippen molar-refractivity contribution in [3.8, 4) is 11.4 Å². The summed E-state index contributed by atoms with van der Waals surface area (Å²) in [6.45, 7) is 0. The molecular formula is C9H8ClN5O2S2. The molecular weight excluding hydrogens is 310 g/mol. The molecule has 2 N–H and O–H groups in total. The summed E-state index contributed by atoms with van der Waals surface area (Å²) < 4.78 is 23.5. The molecule has 0 atom stereocenters. The van der Waals surface area contributed by atoms with Crippen molar-refractivity contribution in [3.05, 3.63) is 30.6 Å². The van der Waals surface area contributed by atoms with Gasteiger partial charge in [-0.3, -0.25) is 4.98 Å². The first-order valence-electron chi connectivity index (χ1n) is 4.84. The Morgan fingerprint density at radius 1 is 1.26 bits per heavy atom. The van der Waals surface area contributed by atoms with Crippen molar-refractivity contribution >= 4 is 38.7 Å². The van der Waals surface area contributed by atoms with E-state index in [0.29, 0.717) is 16.3 Å². The van der Waals surface area contributed by atoms with Gasteiger partial charge in [0.15, 0.2) is 0 Å². The lowest BCUT2D eigenvalue weighted by Gasteiger charge is -1.92. The Hall–Kier alpha value is -1.55. The summed E-state index contributed by atoms with van der Waals surface area (Å²) in [5.74, 6) is 0. The van der Waals surface area contributed by atoms with E-state index in [2.05, 4.69) is 15.1 Å². The summed E-state index contributed by atoms with van der Waals surface area (Å²) in [7, 11) is -3.78. The van der Waals surface area contributed by atoms with Crippen molar-refractivity contribution in [1.82, 2.24) is 19.6 Å². The van der Waals surface area contributed by atoms with Gasteiger partial charge in [0.05, 0.1) is 11.9 Å². The molecule has 0 spiro atoms. The van der Waals surface area contributed by atoms with Crippen molar-refractivity contribution < 1.29 is 8.42 Å². The molecule has 0 unspecified atom stereocenters. The summed E-state index contributed by atoms with van der Waals surface area (Å²) in [6, 6.07) is 5.46. The van der Waals surface area contributed by atoms with E-state index in [1.807, 2.05) is 12.1 Å². The molecule has 3 aromatic heterocycles. The van der Waals surface area contributed by atoms with Crippen LogP contribution in [0.4, 0.5) is 0 Å². The van der Waals surface area contributed by atoms with Crippen LogP contribution in [0.15, 0.2) is 34.9 Å². The molecule has 100 valence electrons. The Balaban J connectivity index is 0.00000133. The first-order chi connectivity index (χ1) is 8.54. The average Bonchev–Trinajstić information content (AvgIpc) is 2.86. The van der Waals surface area contributed by atoms with Crippen LogP contribution in [0, 0.1) is 0 Å². The van der Waals surface area contributed by atoms with Crippen molar-refractivity contribution in [1.29, 1.82) is 0 Å². The Kier molecular flexibility index (Phi) is 3.54. The molecule has 10 heteroatoms. The third-order valence-electron chi connectivity index (χ3n) is 2.20. The number of nitrogens with zero attached hydrogens (tertiary/aromatic N) is 4. The highest BCUT2D eigenvalue weighted by Gasteiger charge is 2.17. The van der Waals surface area contributed by atoms with Gasteiger partial charge in [-0.1, -0.05) is 17.4 Å². The topological polar surface area (TPSA) is 103 Å². The molecule has 3 aromatic rings. The lowest BCUT2D eigenvalue weighted by molar-refractivity contribution is 0.595. The third kappa shape index (κ3) is 2.59. The van der Waals surface area contributed by atoms with Crippen molar-refractivity contribution in [2.75, 3.05) is 0 Å². The quantitative estimate of drug-likeness (QED) is 0.757. The van der Waals surface area contributed by atoms with Crippen molar-refractivity contribution in [2.24, 2.45) is 5.14 Å². The van der Waals surface area contributed by atoms with E-state index in [1.54, 1.807) is 18.5 Å². The second kappa shape index (κ2) is 4.85. The number of rotatable bonds is 2. The van der Waals surface area contributed by atoms with E-state index in [-0.39, 0.29) is 16.7 Å². The third-order valence-corrected chi connectivity index (χ3v) is 4.43. The van der Waals surface area contributed by atoms with Crippen LogP contribution in [0.3, 0.4) is 0 Å². The Morgan fingerprint density at radius 2 is 2.05 bits per heavy atom. The molecule has 19 heavy (non-hydrogen) atoms. The molecule has 0 aliphatic rings. The van der Waals surface area contributed by atoms with E-state index in [4.69, 9.17) is 5.14 Å². The minimum atomic E-state index is -3.78. The molecule has 7 nitrogen and oxygen atoms in total. The number of pyridine rings is 1. The minimum absolute atomic E-state index is 0. The van der Waals surface area contributed by atoms with Gasteiger partial charge in [0, 0.05) is 6.20 Å². The van der Waals surface area contributed by atoms with Crippen LogP contribution < -0.4 is 5.14 Å². The van der Waals surface area contributed by atoms with Crippen LogP contribution >= 0.6 is 23.7 Å². The van der Waals surface area contributed by atoms with E-state index in [9.17, 15) is 8.42 Å². The Labute approximate surface area is 118 Å². The SMILES string of the molecule is Cl.NS(=O)(=O)c1nn2cc(-c3ccccn3)nc2s1. The maximum atomic E-state index is 11.1. The van der Waals surface area contributed by atoms with Crippen LogP contribution in [0.1, 0.15) is 0 Å². The van der Waals surface area contributed by atoms with E-state index >= 15 is 0 Å². The summed E-state index contributed by atoms with van der Waals surface area (Å²) in [4.78, 5) is 8.86. The molecule has 3 rings (SSSR count). The van der Waals surface area contributed by atoms with E-state index in [1.165, 1.54) is 4.52 Å². The van der Waals surface area contributed by atoms with Gasteiger partial charge in [-0.05, 0) is 12.1 Å². The maximum Gasteiger partial charge on any atom is 0.267 e. The fourth-order valence-corrected chi connectivity index (χ4v) is 2.94. The molecule has 0 saturated heterocycles. The molecule has 3 heterocycles. The highest BCUT2D eigenvalue weighted by molar-refractivity contribution is 7.91. The zero-order valence-electron chi connectivity index (χ0n) is 9.29. The lowest BCUT2D eigenvalue weighted by atomic mass is 10.3. The van der Waals surface area contributed by atoms with Crippen molar-refractivity contribution in [3.63, 3.8) is 0 Å². The fraction of sp³-hybridized carbons (Fsp3) is 0. The first-order valence-corrected chi connectivity index (χ1v) is 7.21. The zero-order valence-corrected chi connectivity index (χ0v) is 11.7. The van der Waals surface area contributed by atoms with E-state index < -0.39 is 10.0 Å². The van der Waals surface area contributed by atoms with Gasteiger partial charge in [-0.25, -0.2) is 23.1 Å². The van der Waals surface area contributed by atoms with Crippen LogP contribution in [0.5, 0.6) is 0 Å². The smallest absolute Gasteiger partial charge is 0.255 e. The molecule has 0 fully saturated rings. The summed E-state index contributed by atoms with van der Waals surface area (Å²) in [6.07, 6.45) is 3.27. The normalized spacial score (nSPS) is 11.4. The largest absolute Gasteiger partial charge is 0.267 e. The van der Waals surface area contributed by atoms with Gasteiger partial charge in [0.1, 0.15) is 5.69 Å². The number of sulfonamides is 1. The lowest BCUT2D eigenvalue weighted by Crippen LogP contribution is -2.12. The van der Waals surface area contributed by atoms with Gasteiger partial charge in [0.25, 0.3) is 10.0 Å². The van der Waals surface area contributed by atoms with Crippen LogP contribution in [-0.4, -0.2) is 28.0 Å². The van der Waals surface area contributed by atoms with Gasteiger partial charge >= 0.3 is 0 Å². The number of hydrogen-bond acceptors (Lipinski definition) is 6. The summed E-state index contributed by atoms with van der Waals surface area (Å²) in [5.41, 5.74) is 1.34. The summed E-state index contributed by atoms with van der Waals surface area (Å²) >= 11 is 0.920. The van der Waals surface area contributed by atoms with Gasteiger partial charge in [-0.15, -0.1) is 17.5 Å². The summed E-state index contributed by atoms with van der Waals surface area (Å²) in [5, 5.41) is 8.86. The molecule has 0 saturated carbocycles. The van der Waals surface area contributed by atoms with Crippen LogP contribution in [0.25, 0.3) is 16.3 Å². The van der Waals surface area contributed by atoms with Crippen LogP contribution in [0.2, 0.25) is 0 Å². The molecule has 0 amide bonds. The second-order valence-electron chi connectivity index (χ2n) is 3.48. The number of imidazole rings is 1. The molecule has 0 aliphatic carbocycles. The predicted molar refractivity (Wildman–Crippen MR) is 72.7 cm³/mol. The zero-order chi connectivity index (χ0) is 12.8. The van der Waals surface area contributed by atoms with Gasteiger partial charge in [0.2, 0.25) is 9.30 Å². The number of hydrogen-bond donors (Lipinski definition) is 1. The number of fused-ring (bicyclic) bond motifs is 1. The van der Waals surface area contributed by atoms with Gasteiger partial charge in [-0.2, -0.15) is 0 Å². The minimum Gasteiger partial charge on any atom is -0.255 e. The predicted octanol–water partition coefficient (Wildman–Crippen LogP) is 0.922. The fourth-order valence-electron chi connectivity index (χ4n) is 1.43. The van der Waals surface area contributed by atoms with Crippen molar-refractivity contribution in [2.45, 2.75) is 4.34 Å². The first kappa shape index (κ1) is 13.9. The van der Waals surface area contributed by atoms with Crippen LogP contribution in [-0.2, 0) is 10.0 Å². The highest BCUT2D eigenvalue weighted by atomic mass is 35.5. The number of aromatic nitrogens is 4. The number of primary sulfonamides is 1. The average molecular weight is 318 g/mol. The molecule has 0 aliphatic heterocycles. The number of halogens is 1. The monoisotopic (exact) mass is 317 g/mol. The molecule has 0 aromatic carbocycles. The maximum absolute atomic E-state index is 11.1. The second-order valence-corrected chi connectivity index (χ2v) is 6.17. The van der Waals surface area contributed by atoms with E-state index in [0.717, 1.165) is 11.3 Å². The standard InChI is InChI=1S/C9H7N5O2S2.ClH/c10-18(15,16)9-13-14-5-7(12-8(14)17-9)6-3-1-2-4-11-6;/h1-5H,(H2,10,15,16);1H. The molecule has 0 radical (unpaired) electrons. The Morgan fingerprint density at radius 3 is 2.63 bits per heavy atom. The Bertz CT molecular complexity index is 780. The highest BCUT2D eigenvalue weighted by Crippen LogP contribution is 2.22. The molecule has 0 bridgehead atoms. The number of nitrogens with two attached hydrogens (primary N) is 1.